The number of nitrogens with zero attached hydrogens (tertiary/aromatic N) is 1. The lowest BCUT2D eigenvalue weighted by Crippen LogP contribution is -2.25. The summed E-state index contributed by atoms with van der Waals surface area (Å²) >= 11 is 2.36. The summed E-state index contributed by atoms with van der Waals surface area (Å²) in [5, 5.41) is 18.5. The number of hydrogen-bond donors (Lipinski definition) is 1. The topological polar surface area (TPSA) is 53.2 Å². The maximum atomic E-state index is 9.84. The van der Waals surface area contributed by atoms with Gasteiger partial charge in [0, 0.05) is 11.2 Å². The number of alkyl halides is 1. The lowest BCUT2D eigenvalue weighted by Gasteiger charge is -2.27. The fourth-order valence-electron chi connectivity index (χ4n) is 2.39. The Bertz CT molecular complexity index is 519. The van der Waals surface area contributed by atoms with E-state index in [4.69, 9.17) is 11.4 Å². The van der Waals surface area contributed by atoms with Gasteiger partial charge in [0.25, 0.3) is 0 Å². The van der Waals surface area contributed by atoms with Crippen LogP contribution in [0.5, 0.6) is 5.75 Å². The van der Waals surface area contributed by atoms with E-state index in [0.717, 1.165) is 19.3 Å². The van der Waals surface area contributed by atoms with E-state index < -0.39 is 12.0 Å². The fraction of sp³-hybridized carbons (Fsp3) is 0.562. The van der Waals surface area contributed by atoms with Crippen molar-refractivity contribution in [2.24, 2.45) is 5.89 Å². The standard InChI is InChI=1S/C16H20INO2/c17-15-7-2-1-4-13(15)11-20-14-6-3-5-12(10-14)16(19)8-9-18/h3,5-6,10,13,15-16,19H,1-2,4,7-8,11H2/i13D. The zero-order valence-corrected chi connectivity index (χ0v) is 13.5. The van der Waals surface area contributed by atoms with Crippen LogP contribution in [0.1, 0.15) is 45.1 Å². The molecule has 1 saturated carbocycles. The normalized spacial score (nSPS) is 28.2. The van der Waals surface area contributed by atoms with E-state index in [-0.39, 0.29) is 6.42 Å². The molecule has 1 fully saturated rings. The minimum atomic E-state index is -0.782. The van der Waals surface area contributed by atoms with E-state index >= 15 is 0 Å². The van der Waals surface area contributed by atoms with Crippen LogP contribution in [0.25, 0.3) is 0 Å². The van der Waals surface area contributed by atoms with Crippen LogP contribution in [0, 0.1) is 17.2 Å². The van der Waals surface area contributed by atoms with Crippen molar-refractivity contribution in [3.63, 3.8) is 0 Å². The summed E-state index contributed by atoms with van der Waals surface area (Å²) in [7, 11) is 0. The first-order valence-electron chi connectivity index (χ1n) is 7.47. The highest BCUT2D eigenvalue weighted by Crippen LogP contribution is 2.31. The third-order valence-corrected chi connectivity index (χ3v) is 5.10. The third-order valence-electron chi connectivity index (χ3n) is 3.60. The Kier molecular flexibility index (Phi) is 5.55. The van der Waals surface area contributed by atoms with Crippen LogP contribution in [-0.4, -0.2) is 15.6 Å². The van der Waals surface area contributed by atoms with E-state index in [1.165, 1.54) is 6.42 Å². The molecule has 108 valence electrons. The van der Waals surface area contributed by atoms with Gasteiger partial charge in [0.1, 0.15) is 5.75 Å². The van der Waals surface area contributed by atoms with Gasteiger partial charge in [0.05, 0.1) is 25.2 Å². The molecule has 4 heteroatoms. The third kappa shape index (κ3) is 4.35. The number of aliphatic hydroxyl groups excluding tert-OH is 1. The number of halogens is 1. The first-order valence-corrected chi connectivity index (χ1v) is 8.21. The second-order valence-corrected chi connectivity index (χ2v) is 6.61. The summed E-state index contributed by atoms with van der Waals surface area (Å²) < 4.78 is 14.7. The molecule has 2 rings (SSSR count). The minimum Gasteiger partial charge on any atom is -0.493 e. The molecular weight excluding hydrogens is 365 g/mol. The molecule has 20 heavy (non-hydrogen) atoms. The highest BCUT2D eigenvalue weighted by Gasteiger charge is 2.23. The highest BCUT2D eigenvalue weighted by atomic mass is 127. The van der Waals surface area contributed by atoms with E-state index in [0.29, 0.717) is 21.8 Å². The van der Waals surface area contributed by atoms with E-state index in [1.807, 2.05) is 18.2 Å². The van der Waals surface area contributed by atoms with E-state index in [9.17, 15) is 5.11 Å². The van der Waals surface area contributed by atoms with Gasteiger partial charge in [-0.3, -0.25) is 0 Å². The summed E-state index contributed by atoms with van der Waals surface area (Å²) in [6.07, 6.45) is 3.53. The van der Waals surface area contributed by atoms with Crippen LogP contribution in [0.4, 0.5) is 0 Å². The number of rotatable bonds is 5. The lowest BCUT2D eigenvalue weighted by molar-refractivity contribution is 0.181. The van der Waals surface area contributed by atoms with Gasteiger partial charge < -0.3 is 9.84 Å². The first-order chi connectivity index (χ1) is 10.0. The molecule has 3 unspecified atom stereocenters. The lowest BCUT2D eigenvalue weighted by atomic mass is 9.90. The zero-order valence-electron chi connectivity index (χ0n) is 12.4. The van der Waals surface area contributed by atoms with Crippen molar-refractivity contribution in [1.82, 2.24) is 0 Å². The van der Waals surface area contributed by atoms with Gasteiger partial charge in [-0.2, -0.15) is 5.26 Å². The van der Waals surface area contributed by atoms with E-state index in [1.54, 1.807) is 12.1 Å². The van der Waals surface area contributed by atoms with Crippen molar-refractivity contribution < 1.29 is 11.2 Å². The van der Waals surface area contributed by atoms with Crippen molar-refractivity contribution in [3.8, 4) is 11.8 Å². The predicted octanol–water partition coefficient (Wildman–Crippen LogP) is 4.01. The maximum Gasteiger partial charge on any atom is 0.119 e. The number of ether oxygens (including phenoxy) is 1. The zero-order chi connectivity index (χ0) is 15.3. The van der Waals surface area contributed by atoms with Crippen LogP contribution in [-0.2, 0) is 0 Å². The number of nitriles is 1. The van der Waals surface area contributed by atoms with Crippen LogP contribution < -0.4 is 4.74 Å². The van der Waals surface area contributed by atoms with Crippen molar-refractivity contribution in [1.29, 1.82) is 5.26 Å². The SMILES string of the molecule is [2H]C1(COc2cccc(C(O)CC#N)c2)CCCCC1I. The molecule has 1 N–H and O–H groups in total. The van der Waals surface area contributed by atoms with Gasteiger partial charge >= 0.3 is 0 Å². The quantitative estimate of drug-likeness (QED) is 0.615. The average Bonchev–Trinajstić information content (AvgIpc) is 2.49. The van der Waals surface area contributed by atoms with Gasteiger partial charge in [-0.05, 0) is 30.5 Å². The van der Waals surface area contributed by atoms with E-state index in [2.05, 4.69) is 22.6 Å². The molecule has 0 aromatic heterocycles. The molecule has 1 aliphatic rings. The first kappa shape index (κ1) is 14.2. The molecule has 0 bridgehead atoms. The van der Waals surface area contributed by atoms with Crippen molar-refractivity contribution >= 4 is 22.6 Å². The molecule has 0 aliphatic heterocycles. The molecule has 0 spiro atoms. The van der Waals surface area contributed by atoms with Gasteiger partial charge in [0.15, 0.2) is 0 Å². The van der Waals surface area contributed by atoms with Crippen LogP contribution >= 0.6 is 22.6 Å². The van der Waals surface area contributed by atoms with Gasteiger partial charge in [-0.15, -0.1) is 0 Å². The molecule has 0 radical (unpaired) electrons. The maximum absolute atomic E-state index is 9.84. The Balaban J connectivity index is 2.00. The largest absolute Gasteiger partial charge is 0.493 e. The second kappa shape index (κ2) is 7.84. The second-order valence-electron chi connectivity index (χ2n) is 5.11. The molecule has 1 aromatic rings. The fourth-order valence-corrected chi connectivity index (χ4v) is 3.32. The van der Waals surface area contributed by atoms with Crippen molar-refractivity contribution in [2.75, 3.05) is 6.61 Å². The Hall–Kier alpha value is -0.800. The summed E-state index contributed by atoms with van der Waals surface area (Å²) in [5.74, 6) is 0.130. The van der Waals surface area contributed by atoms with Crippen LogP contribution in [0.2, 0.25) is 0 Å². The molecule has 3 atom stereocenters. The highest BCUT2D eigenvalue weighted by molar-refractivity contribution is 14.1. The van der Waals surface area contributed by atoms with Gasteiger partial charge in [-0.1, -0.05) is 47.6 Å². The number of benzene rings is 1. The van der Waals surface area contributed by atoms with Crippen molar-refractivity contribution in [2.45, 2.75) is 42.1 Å². The van der Waals surface area contributed by atoms with Gasteiger partial charge in [-0.25, -0.2) is 0 Å². The Morgan fingerprint density at radius 3 is 3.05 bits per heavy atom. The van der Waals surface area contributed by atoms with Crippen LogP contribution in [0.3, 0.4) is 0 Å². The molecule has 3 nitrogen and oxygen atoms in total. The molecule has 0 saturated heterocycles. The Morgan fingerprint density at radius 2 is 2.30 bits per heavy atom. The molecule has 0 amide bonds. The monoisotopic (exact) mass is 386 g/mol. The summed E-state index contributed by atoms with van der Waals surface area (Å²) in [6.45, 7) is 0.373. The molecule has 1 aliphatic carbocycles. The molecular formula is C16H20INO2. The van der Waals surface area contributed by atoms with Gasteiger partial charge in [0.2, 0.25) is 0 Å². The molecule has 1 aromatic carbocycles. The van der Waals surface area contributed by atoms with Crippen molar-refractivity contribution in [3.05, 3.63) is 29.8 Å². The summed E-state index contributed by atoms with van der Waals surface area (Å²) in [5.41, 5.74) is 0.683. The van der Waals surface area contributed by atoms with Crippen LogP contribution in [0.15, 0.2) is 24.3 Å². The number of hydrogen-bond acceptors (Lipinski definition) is 3. The molecule has 0 heterocycles. The summed E-state index contributed by atoms with van der Waals surface area (Å²) in [4.78, 5) is 0. The predicted molar refractivity (Wildman–Crippen MR) is 86.9 cm³/mol. The Labute approximate surface area is 135 Å². The smallest absolute Gasteiger partial charge is 0.119 e. The average molecular weight is 386 g/mol. The summed E-state index contributed by atoms with van der Waals surface area (Å²) in [6, 6.07) is 9.14. The Morgan fingerprint density at radius 1 is 1.50 bits per heavy atom. The minimum absolute atomic E-state index is 0.0711. The number of aliphatic hydroxyl groups is 1.